The summed E-state index contributed by atoms with van der Waals surface area (Å²) in [6.07, 6.45) is -3.06. The molecular weight excluding hydrogens is 514 g/mol. The quantitative estimate of drug-likeness (QED) is 0.291. The molecule has 1 unspecified atom stereocenters. The van der Waals surface area contributed by atoms with Gasteiger partial charge in [0.1, 0.15) is 35.2 Å². The van der Waals surface area contributed by atoms with E-state index >= 15 is 0 Å². The number of nitrogens with zero attached hydrogens (tertiary/aromatic N) is 2. The molecule has 15 heteroatoms. The van der Waals surface area contributed by atoms with Crippen LogP contribution in [0, 0.1) is 22.6 Å². The summed E-state index contributed by atoms with van der Waals surface area (Å²) in [6.45, 7) is 3.73. The van der Waals surface area contributed by atoms with Crippen molar-refractivity contribution in [3.8, 4) is 11.8 Å². The maximum atomic E-state index is 13.6. The van der Waals surface area contributed by atoms with E-state index in [1.807, 2.05) is 11.1 Å². The summed E-state index contributed by atoms with van der Waals surface area (Å²) in [7, 11) is -4.39. The summed E-state index contributed by atoms with van der Waals surface area (Å²) in [5.74, 6) is -1.38. The first-order chi connectivity index (χ1) is 17.4. The molecule has 37 heavy (non-hydrogen) atoms. The van der Waals surface area contributed by atoms with Crippen LogP contribution in [0.25, 0.3) is 0 Å². The number of hydrogen-bond donors (Lipinski definition) is 3. The Bertz CT molecular complexity index is 1320. The van der Waals surface area contributed by atoms with Crippen LogP contribution in [0.5, 0.6) is 5.75 Å². The fraction of sp³-hybridized carbons (Fsp3) is 0.455. The zero-order chi connectivity index (χ0) is 27.4. The van der Waals surface area contributed by atoms with Crippen molar-refractivity contribution < 1.29 is 37.4 Å². The molecule has 3 N–H and O–H groups in total. The molecule has 0 radical (unpaired) electrons. The molecule has 0 saturated carbocycles. The van der Waals surface area contributed by atoms with Gasteiger partial charge < -0.3 is 19.1 Å². The lowest BCUT2D eigenvalue weighted by molar-refractivity contribution is -0.144. The van der Waals surface area contributed by atoms with Crippen molar-refractivity contribution in [2.24, 2.45) is 5.41 Å². The lowest BCUT2D eigenvalue weighted by Gasteiger charge is -2.26. The third-order valence-electron chi connectivity index (χ3n) is 5.57. The molecule has 6 atom stereocenters. The lowest BCUT2D eigenvalue weighted by Crippen LogP contribution is -2.41. The third kappa shape index (κ3) is 6.33. The number of benzene rings is 1. The zero-order valence-corrected chi connectivity index (χ0v) is 21.0. The van der Waals surface area contributed by atoms with Crippen molar-refractivity contribution in [2.45, 2.75) is 45.2 Å². The van der Waals surface area contributed by atoms with E-state index in [0.717, 1.165) is 29.0 Å². The predicted molar refractivity (Wildman–Crippen MR) is 125 cm³/mol. The molecular formula is C22H26FN4O9P. The molecule has 0 spiro atoms. The highest BCUT2D eigenvalue weighted by Gasteiger charge is 2.55. The topological polar surface area (TPSA) is 182 Å². The van der Waals surface area contributed by atoms with Gasteiger partial charge >= 0.3 is 19.4 Å². The number of esters is 1. The Morgan fingerprint density at radius 2 is 2.05 bits per heavy atom. The predicted octanol–water partition coefficient (Wildman–Crippen LogP) is 1.21. The van der Waals surface area contributed by atoms with E-state index in [9.17, 15) is 33.7 Å². The van der Waals surface area contributed by atoms with Crippen LogP contribution in [0.3, 0.4) is 0 Å². The molecule has 1 aliphatic rings. The Morgan fingerprint density at radius 1 is 1.38 bits per heavy atom. The van der Waals surface area contributed by atoms with Crippen LogP contribution in [0.1, 0.15) is 27.0 Å². The van der Waals surface area contributed by atoms with Crippen molar-refractivity contribution in [2.75, 3.05) is 13.2 Å². The fourth-order valence-corrected chi connectivity index (χ4v) is 5.09. The first kappa shape index (κ1) is 28.2. The summed E-state index contributed by atoms with van der Waals surface area (Å²) in [4.78, 5) is 37.8. The van der Waals surface area contributed by atoms with Gasteiger partial charge in [-0.15, -0.1) is 0 Å². The lowest BCUT2D eigenvalue weighted by atomic mass is 9.84. The highest BCUT2D eigenvalue weighted by Crippen LogP contribution is 2.48. The van der Waals surface area contributed by atoms with Crippen molar-refractivity contribution >= 4 is 13.7 Å². The van der Waals surface area contributed by atoms with Crippen LogP contribution >= 0.6 is 7.75 Å². The second-order valence-electron chi connectivity index (χ2n) is 8.32. The molecule has 0 aliphatic carbocycles. The SMILES string of the molecule is CCOC(=O)[C@H](C)NP(=O)(OC[C@H]1O[C@@H](n2ccc(=O)[nH]c2=O)[C@](C)(C#N)[C@@H]1O)Oc1ccc(F)cc1. The van der Waals surface area contributed by atoms with Gasteiger partial charge in [0, 0.05) is 12.3 Å². The number of ether oxygens (including phenoxy) is 2. The maximum Gasteiger partial charge on any atom is 0.459 e. The van der Waals surface area contributed by atoms with Crippen molar-refractivity contribution in [3.63, 3.8) is 0 Å². The second kappa shape index (κ2) is 11.4. The van der Waals surface area contributed by atoms with Gasteiger partial charge in [-0.3, -0.25) is 23.7 Å². The molecule has 1 saturated heterocycles. The van der Waals surface area contributed by atoms with Gasteiger partial charge in [0.25, 0.3) is 5.56 Å². The number of aromatic nitrogens is 2. The summed E-state index contributed by atoms with van der Waals surface area (Å²) in [5, 5.41) is 23.1. The first-order valence-corrected chi connectivity index (χ1v) is 12.7. The number of aromatic amines is 1. The van der Waals surface area contributed by atoms with Gasteiger partial charge in [0.15, 0.2) is 6.23 Å². The molecule has 1 aromatic carbocycles. The van der Waals surface area contributed by atoms with E-state index in [1.54, 1.807) is 6.92 Å². The largest absolute Gasteiger partial charge is 0.465 e. The number of aliphatic hydroxyl groups is 1. The molecule has 1 aliphatic heterocycles. The average Bonchev–Trinajstić information content (AvgIpc) is 3.10. The number of hydrogen-bond acceptors (Lipinski definition) is 10. The number of aliphatic hydroxyl groups excluding tert-OH is 1. The first-order valence-electron chi connectivity index (χ1n) is 11.1. The smallest absolute Gasteiger partial charge is 0.459 e. The van der Waals surface area contributed by atoms with Crippen LogP contribution in [0.2, 0.25) is 0 Å². The fourth-order valence-electron chi connectivity index (χ4n) is 3.58. The number of rotatable bonds is 10. The van der Waals surface area contributed by atoms with E-state index in [0.29, 0.717) is 0 Å². The van der Waals surface area contributed by atoms with Crippen molar-refractivity contribution in [1.82, 2.24) is 14.6 Å². The second-order valence-corrected chi connectivity index (χ2v) is 10.0. The molecule has 1 aromatic heterocycles. The Labute approximate surface area is 210 Å². The third-order valence-corrected chi connectivity index (χ3v) is 7.21. The number of nitrogens with one attached hydrogen (secondary N) is 2. The highest BCUT2D eigenvalue weighted by atomic mass is 31.2. The number of halogens is 1. The van der Waals surface area contributed by atoms with Crippen molar-refractivity contribution in [3.05, 3.63) is 63.2 Å². The van der Waals surface area contributed by atoms with Crippen LogP contribution in [-0.2, 0) is 23.4 Å². The molecule has 0 bridgehead atoms. The minimum Gasteiger partial charge on any atom is -0.465 e. The number of carbonyl (C=O) groups is 1. The van der Waals surface area contributed by atoms with E-state index in [2.05, 4.69) is 5.09 Å². The summed E-state index contributed by atoms with van der Waals surface area (Å²) in [6, 6.07) is 6.30. The van der Waals surface area contributed by atoms with E-state index in [-0.39, 0.29) is 12.4 Å². The molecule has 1 fully saturated rings. The Balaban J connectivity index is 1.85. The summed E-state index contributed by atoms with van der Waals surface area (Å²) < 4.78 is 49.3. The monoisotopic (exact) mass is 540 g/mol. The summed E-state index contributed by atoms with van der Waals surface area (Å²) >= 11 is 0. The minimum atomic E-state index is -4.39. The van der Waals surface area contributed by atoms with E-state index < -0.39 is 67.3 Å². The molecule has 3 rings (SSSR count). The number of carbonyl (C=O) groups excluding carboxylic acids is 1. The molecule has 2 heterocycles. The van der Waals surface area contributed by atoms with Gasteiger partial charge in [-0.2, -0.15) is 10.3 Å². The molecule has 200 valence electrons. The highest BCUT2D eigenvalue weighted by molar-refractivity contribution is 7.52. The van der Waals surface area contributed by atoms with Crippen LogP contribution in [0.15, 0.2) is 46.1 Å². The molecule has 0 amide bonds. The number of H-pyrrole nitrogens is 1. The Kier molecular flexibility index (Phi) is 8.68. The van der Waals surface area contributed by atoms with Gasteiger partial charge in [-0.25, -0.2) is 13.8 Å². The zero-order valence-electron chi connectivity index (χ0n) is 20.1. The molecule has 13 nitrogen and oxygen atoms in total. The minimum absolute atomic E-state index is 0.0549. The van der Waals surface area contributed by atoms with Gasteiger partial charge in [0.2, 0.25) is 0 Å². The molecule has 2 aromatic rings. The average molecular weight is 540 g/mol. The standard InChI is InChI=1S/C22H26FN4O9P/c1-4-33-19(30)13(2)26-37(32,36-15-7-5-14(23)6-8-15)34-11-16-18(29)22(3,12-24)20(35-16)27-10-9-17(28)25-21(27)31/h5-10,13,16,18,20,29H,4,11H2,1-3H3,(H,26,32)(H,25,28,31)/t13-,16+,18+,20+,22+,37?/m0/s1. The van der Waals surface area contributed by atoms with Crippen LogP contribution < -0.4 is 20.9 Å². The normalized spacial score (nSPS) is 25.6. The summed E-state index contributed by atoms with van der Waals surface area (Å²) in [5.41, 5.74) is -3.22. The van der Waals surface area contributed by atoms with Crippen molar-refractivity contribution in [1.29, 1.82) is 5.26 Å². The van der Waals surface area contributed by atoms with Gasteiger partial charge in [0.05, 0.1) is 19.3 Å². The van der Waals surface area contributed by atoms with Crippen LogP contribution in [-0.4, -0.2) is 52.1 Å². The van der Waals surface area contributed by atoms with E-state index in [4.69, 9.17) is 18.5 Å². The Hall–Kier alpha value is -3.34. The maximum absolute atomic E-state index is 13.6. The van der Waals surface area contributed by atoms with E-state index in [1.165, 1.54) is 26.0 Å². The van der Waals surface area contributed by atoms with Gasteiger partial charge in [-0.05, 0) is 45.0 Å². The van der Waals surface area contributed by atoms with Gasteiger partial charge in [-0.1, -0.05) is 0 Å². The Morgan fingerprint density at radius 3 is 2.65 bits per heavy atom. The van der Waals surface area contributed by atoms with Crippen LogP contribution in [0.4, 0.5) is 4.39 Å². The number of nitriles is 1.